The Bertz CT molecular complexity index is 1000. The second-order valence-electron chi connectivity index (χ2n) is 13.9. The number of likely N-dealkylation sites (N-methyl/N-ethyl adjacent to an activating group) is 3. The number of hydrogen-bond donors (Lipinski definition) is 0. The molecule has 0 aromatic heterocycles. The molecular formula is C32H57N3O7. The molecule has 0 spiro atoms. The molecule has 0 heterocycles. The topological polar surface area (TPSA) is 114 Å². The van der Waals surface area contributed by atoms with E-state index < -0.39 is 52.3 Å². The first kappa shape index (κ1) is 41.0. The van der Waals surface area contributed by atoms with Crippen LogP contribution in [0.2, 0.25) is 0 Å². The molecule has 0 N–H and O–H groups in total. The molecule has 0 saturated carbocycles. The summed E-state index contributed by atoms with van der Waals surface area (Å²) in [4.78, 5) is 64.7. The maximum atomic E-state index is 12.8. The smallest absolute Gasteiger partial charge is 0.410 e. The quantitative estimate of drug-likeness (QED) is 0.289. The Morgan fingerprint density at radius 1 is 0.595 bits per heavy atom. The van der Waals surface area contributed by atoms with Crippen LogP contribution in [0.4, 0.5) is 9.59 Å². The van der Waals surface area contributed by atoms with E-state index in [4.69, 9.17) is 9.47 Å². The van der Waals surface area contributed by atoms with E-state index in [1.807, 2.05) is 27.7 Å². The first-order valence-corrected chi connectivity index (χ1v) is 14.0. The number of carbonyl (C=O) groups excluding carboxylic acids is 5. The maximum absolute atomic E-state index is 12.8. The highest BCUT2D eigenvalue weighted by molar-refractivity contribution is 5.91. The van der Waals surface area contributed by atoms with Crippen molar-refractivity contribution in [2.45, 2.75) is 119 Å². The van der Waals surface area contributed by atoms with Gasteiger partial charge < -0.3 is 19.3 Å². The minimum Gasteiger partial charge on any atom is -0.444 e. The van der Waals surface area contributed by atoms with Gasteiger partial charge >= 0.3 is 12.2 Å². The fourth-order valence-electron chi connectivity index (χ4n) is 4.33. The molecule has 0 aromatic rings. The third-order valence-corrected chi connectivity index (χ3v) is 6.66. The Kier molecular flexibility index (Phi) is 15.0. The van der Waals surface area contributed by atoms with Gasteiger partial charge in [-0.25, -0.2) is 9.59 Å². The van der Waals surface area contributed by atoms with Crippen molar-refractivity contribution in [1.82, 2.24) is 14.7 Å². The standard InChI is InChI=1S/C18H32N2O4.C14H25NO3/c1-11-18(7,8)14(13(3)21)20(10)15(22)12(2)19(9)16(23)24-17(4,5)6;1-9-14(6,7)11(10(2)16)15(8)12(17)18-13(3,4)5/h11-12,14H,1H2,2-10H3;9,11H,1H2,2-8H3/t12-,14-;11-/m11/s1. The van der Waals surface area contributed by atoms with Gasteiger partial charge in [0.2, 0.25) is 5.91 Å². The zero-order valence-corrected chi connectivity index (χ0v) is 29.0. The van der Waals surface area contributed by atoms with E-state index in [1.165, 1.54) is 35.6 Å². The predicted molar refractivity (Wildman–Crippen MR) is 167 cm³/mol. The average molecular weight is 596 g/mol. The van der Waals surface area contributed by atoms with Crippen LogP contribution in [0.5, 0.6) is 0 Å². The van der Waals surface area contributed by atoms with Crippen LogP contribution in [0, 0.1) is 10.8 Å². The number of rotatable bonds is 10. The van der Waals surface area contributed by atoms with Gasteiger partial charge in [0.25, 0.3) is 0 Å². The van der Waals surface area contributed by atoms with Crippen LogP contribution in [0.3, 0.4) is 0 Å². The van der Waals surface area contributed by atoms with Crippen LogP contribution in [0.1, 0.15) is 90.0 Å². The third kappa shape index (κ3) is 12.8. The summed E-state index contributed by atoms with van der Waals surface area (Å²) >= 11 is 0. The molecule has 10 heteroatoms. The van der Waals surface area contributed by atoms with Crippen LogP contribution in [-0.2, 0) is 23.9 Å². The number of carbonyl (C=O) groups is 5. The van der Waals surface area contributed by atoms with Gasteiger partial charge in [-0.2, -0.15) is 0 Å². The number of ether oxygens (including phenoxy) is 2. The van der Waals surface area contributed by atoms with Crippen LogP contribution >= 0.6 is 0 Å². The van der Waals surface area contributed by atoms with Crippen molar-refractivity contribution < 1.29 is 33.4 Å². The first-order chi connectivity index (χ1) is 18.6. The van der Waals surface area contributed by atoms with Gasteiger partial charge in [0.1, 0.15) is 23.3 Å². The lowest BCUT2D eigenvalue weighted by molar-refractivity contribution is -0.143. The molecule has 0 saturated heterocycles. The third-order valence-electron chi connectivity index (χ3n) is 6.66. The van der Waals surface area contributed by atoms with Crippen molar-refractivity contribution >= 4 is 29.7 Å². The van der Waals surface area contributed by atoms with E-state index in [2.05, 4.69) is 13.2 Å². The first-order valence-electron chi connectivity index (χ1n) is 14.0. The number of amides is 3. The highest BCUT2D eigenvalue weighted by atomic mass is 16.6. The zero-order chi connectivity index (χ0) is 34.2. The summed E-state index contributed by atoms with van der Waals surface area (Å²) in [5, 5.41) is 0. The molecule has 3 amide bonds. The highest BCUT2D eigenvalue weighted by Crippen LogP contribution is 2.28. The molecule has 0 aromatic carbocycles. The lowest BCUT2D eigenvalue weighted by Crippen LogP contribution is -2.55. The van der Waals surface area contributed by atoms with E-state index in [0.29, 0.717) is 0 Å². The fraction of sp³-hybridized carbons (Fsp3) is 0.719. The molecule has 0 rings (SSSR count). The van der Waals surface area contributed by atoms with Crippen LogP contribution in [-0.4, -0.2) is 94.8 Å². The second-order valence-corrected chi connectivity index (χ2v) is 13.9. The summed E-state index contributed by atoms with van der Waals surface area (Å²) in [6.07, 6.45) is 2.25. The zero-order valence-electron chi connectivity index (χ0n) is 29.0. The van der Waals surface area contributed by atoms with E-state index in [-0.39, 0.29) is 17.5 Å². The van der Waals surface area contributed by atoms with Gasteiger partial charge in [0.05, 0.1) is 6.04 Å². The van der Waals surface area contributed by atoms with Gasteiger partial charge in [-0.1, -0.05) is 39.8 Å². The summed E-state index contributed by atoms with van der Waals surface area (Å²) in [5.41, 5.74) is -2.31. The Morgan fingerprint density at radius 2 is 0.881 bits per heavy atom. The molecule has 0 unspecified atom stereocenters. The normalized spacial score (nSPS) is 14.1. The molecule has 242 valence electrons. The van der Waals surface area contributed by atoms with Crippen LogP contribution in [0.15, 0.2) is 25.3 Å². The molecule has 10 nitrogen and oxygen atoms in total. The number of hydrogen-bond acceptors (Lipinski definition) is 7. The van der Waals surface area contributed by atoms with Gasteiger partial charge in [-0.3, -0.25) is 19.3 Å². The van der Waals surface area contributed by atoms with Gasteiger partial charge in [0.15, 0.2) is 11.6 Å². The van der Waals surface area contributed by atoms with Crippen molar-refractivity contribution in [1.29, 1.82) is 0 Å². The van der Waals surface area contributed by atoms with E-state index in [0.717, 1.165) is 0 Å². The Balaban J connectivity index is 0. The van der Waals surface area contributed by atoms with E-state index in [1.54, 1.807) is 74.7 Å². The lowest BCUT2D eigenvalue weighted by Gasteiger charge is -2.39. The van der Waals surface area contributed by atoms with Crippen LogP contribution in [0.25, 0.3) is 0 Å². The Hall–Kier alpha value is -3.17. The Morgan fingerprint density at radius 3 is 1.14 bits per heavy atom. The average Bonchev–Trinajstić information content (AvgIpc) is 2.79. The van der Waals surface area contributed by atoms with Gasteiger partial charge in [-0.05, 0) is 62.3 Å². The van der Waals surface area contributed by atoms with Crippen molar-refractivity contribution in [2.24, 2.45) is 10.8 Å². The molecule has 0 fully saturated rings. The SMILES string of the molecule is C=CC(C)(C)[C@@H](C(C)=O)N(C)C(=O)OC(C)(C)C.C=CC(C)(C)[C@@H](C(C)=O)N(C)C(=O)[C@@H](C)N(C)C(=O)OC(C)(C)C. The number of Topliss-reactive ketones (excluding diaryl/α,β-unsaturated/α-hetero) is 2. The summed E-state index contributed by atoms with van der Waals surface area (Å²) in [5.74, 6) is -0.561. The van der Waals surface area contributed by atoms with Crippen LogP contribution < -0.4 is 0 Å². The minimum atomic E-state index is -0.757. The molecule has 42 heavy (non-hydrogen) atoms. The van der Waals surface area contributed by atoms with E-state index >= 15 is 0 Å². The molecule has 0 bridgehead atoms. The molecule has 0 aliphatic heterocycles. The fourth-order valence-corrected chi connectivity index (χ4v) is 4.33. The molecular weight excluding hydrogens is 538 g/mol. The Labute approximate surface area is 254 Å². The molecule has 0 aliphatic carbocycles. The second kappa shape index (κ2) is 15.3. The largest absolute Gasteiger partial charge is 0.444 e. The highest BCUT2D eigenvalue weighted by Gasteiger charge is 2.39. The molecule has 3 atom stereocenters. The number of nitrogens with zero attached hydrogens (tertiary/aromatic N) is 3. The van der Waals surface area contributed by atoms with Gasteiger partial charge in [0, 0.05) is 32.0 Å². The summed E-state index contributed by atoms with van der Waals surface area (Å²) in [7, 11) is 4.65. The maximum Gasteiger partial charge on any atom is 0.410 e. The lowest BCUT2D eigenvalue weighted by atomic mass is 9.81. The minimum absolute atomic E-state index is 0.0896. The van der Waals surface area contributed by atoms with Gasteiger partial charge in [-0.15, -0.1) is 13.2 Å². The summed E-state index contributed by atoms with van der Waals surface area (Å²) < 4.78 is 10.6. The van der Waals surface area contributed by atoms with Crippen molar-refractivity contribution in [3.63, 3.8) is 0 Å². The molecule has 0 radical (unpaired) electrons. The van der Waals surface area contributed by atoms with Crippen molar-refractivity contribution in [2.75, 3.05) is 21.1 Å². The van der Waals surface area contributed by atoms with Crippen molar-refractivity contribution in [3.05, 3.63) is 25.3 Å². The monoisotopic (exact) mass is 595 g/mol. The number of ketones is 2. The predicted octanol–water partition coefficient (Wildman–Crippen LogP) is 5.89. The molecule has 0 aliphatic rings. The summed E-state index contributed by atoms with van der Waals surface area (Å²) in [6, 6.07) is -1.99. The van der Waals surface area contributed by atoms with E-state index in [9.17, 15) is 24.0 Å². The van der Waals surface area contributed by atoms with Crippen molar-refractivity contribution in [3.8, 4) is 0 Å². The summed E-state index contributed by atoms with van der Waals surface area (Å²) in [6.45, 7) is 30.1.